The van der Waals surface area contributed by atoms with Gasteiger partial charge in [0.2, 0.25) is 0 Å². The van der Waals surface area contributed by atoms with Gasteiger partial charge < -0.3 is 4.79 Å². The Morgan fingerprint density at radius 2 is 1.95 bits per heavy atom. The summed E-state index contributed by atoms with van der Waals surface area (Å²) in [6.07, 6.45) is 3.12. The third kappa shape index (κ3) is 3.46. The highest BCUT2D eigenvalue weighted by molar-refractivity contribution is 6.30. The van der Waals surface area contributed by atoms with Gasteiger partial charge in [0, 0.05) is 17.4 Å². The van der Waals surface area contributed by atoms with Crippen molar-refractivity contribution in [2.24, 2.45) is 0 Å². The molecule has 0 bridgehead atoms. The Morgan fingerprint density at radius 1 is 1.33 bits per heavy atom. The molecule has 0 N–H and O–H groups in total. The van der Waals surface area contributed by atoms with Crippen molar-refractivity contribution in [2.75, 3.05) is 13.1 Å². The first-order valence-corrected chi connectivity index (χ1v) is 7.80. The maximum absolute atomic E-state index is 13.8. The summed E-state index contributed by atoms with van der Waals surface area (Å²) in [5, 5.41) is 0.132. The number of benzene rings is 1. The molecular weight excluding hydrogens is 289 g/mol. The smallest absolute Gasteiger partial charge is 0.142 e. The number of aldehydes is 1. The molecule has 1 aromatic carbocycles. The van der Waals surface area contributed by atoms with E-state index in [0.29, 0.717) is 6.42 Å². The Bertz CT molecular complexity index is 516. The first-order valence-electron chi connectivity index (χ1n) is 7.43. The van der Waals surface area contributed by atoms with Crippen molar-refractivity contribution < 1.29 is 9.18 Å². The molecule has 21 heavy (non-hydrogen) atoms. The highest BCUT2D eigenvalue weighted by Gasteiger charge is 2.38. The second-order valence-corrected chi connectivity index (χ2v) is 7.35. The van der Waals surface area contributed by atoms with Crippen molar-refractivity contribution in [1.82, 2.24) is 4.90 Å². The normalized spacial score (nSPS) is 19.5. The van der Waals surface area contributed by atoms with Crippen LogP contribution in [0.4, 0.5) is 4.39 Å². The van der Waals surface area contributed by atoms with Gasteiger partial charge >= 0.3 is 0 Å². The van der Waals surface area contributed by atoms with E-state index < -0.39 is 5.82 Å². The molecule has 1 saturated heterocycles. The maximum atomic E-state index is 13.8. The molecule has 0 aliphatic carbocycles. The van der Waals surface area contributed by atoms with Gasteiger partial charge in [-0.1, -0.05) is 17.7 Å². The summed E-state index contributed by atoms with van der Waals surface area (Å²) < 4.78 is 13.8. The van der Waals surface area contributed by atoms with Gasteiger partial charge in [0.1, 0.15) is 12.1 Å². The molecule has 2 nitrogen and oxygen atoms in total. The van der Waals surface area contributed by atoms with E-state index in [9.17, 15) is 9.18 Å². The molecule has 0 radical (unpaired) electrons. The lowest BCUT2D eigenvalue weighted by Gasteiger charge is -2.46. The Hall–Kier alpha value is -0.930. The predicted octanol–water partition coefficient (Wildman–Crippen LogP) is 4.20. The van der Waals surface area contributed by atoms with Crippen molar-refractivity contribution in [3.63, 3.8) is 0 Å². The zero-order chi connectivity index (χ0) is 15.7. The number of piperidine rings is 1. The summed E-state index contributed by atoms with van der Waals surface area (Å²) in [6.45, 7) is 8.42. The third-order valence-corrected chi connectivity index (χ3v) is 4.98. The SMILES string of the molecule is CC(C)(C)N1CCC(CC=O)(c2ccc(Cl)c(F)c2)CC1. The summed E-state index contributed by atoms with van der Waals surface area (Å²) in [4.78, 5) is 13.6. The summed E-state index contributed by atoms with van der Waals surface area (Å²) in [5.41, 5.74) is 0.762. The van der Waals surface area contributed by atoms with E-state index in [4.69, 9.17) is 11.6 Å². The first kappa shape index (κ1) is 16.4. The number of hydrogen-bond donors (Lipinski definition) is 0. The average molecular weight is 312 g/mol. The molecule has 4 heteroatoms. The molecule has 0 atom stereocenters. The van der Waals surface area contributed by atoms with Crippen LogP contribution in [-0.2, 0) is 10.2 Å². The molecule has 0 saturated carbocycles. The minimum atomic E-state index is -0.405. The Balaban J connectivity index is 2.27. The summed E-state index contributed by atoms with van der Waals surface area (Å²) in [5.74, 6) is -0.405. The number of hydrogen-bond acceptors (Lipinski definition) is 2. The van der Waals surface area contributed by atoms with Gasteiger partial charge in [-0.15, -0.1) is 0 Å². The molecule has 116 valence electrons. The van der Waals surface area contributed by atoms with Crippen LogP contribution < -0.4 is 0 Å². The van der Waals surface area contributed by atoms with Gasteiger partial charge in [-0.3, -0.25) is 4.90 Å². The van der Waals surface area contributed by atoms with E-state index in [1.807, 2.05) is 6.07 Å². The Kier molecular flexibility index (Phi) is 4.74. The third-order valence-electron chi connectivity index (χ3n) is 4.68. The molecule has 1 aliphatic rings. The fourth-order valence-corrected chi connectivity index (χ4v) is 3.32. The summed E-state index contributed by atoms with van der Waals surface area (Å²) in [6, 6.07) is 4.95. The van der Waals surface area contributed by atoms with E-state index in [-0.39, 0.29) is 16.0 Å². The van der Waals surface area contributed by atoms with Crippen LogP contribution in [0.25, 0.3) is 0 Å². The molecule has 1 aliphatic heterocycles. The monoisotopic (exact) mass is 311 g/mol. The van der Waals surface area contributed by atoms with E-state index >= 15 is 0 Å². The minimum absolute atomic E-state index is 0.124. The van der Waals surface area contributed by atoms with Gasteiger partial charge in [-0.05, 0) is 64.4 Å². The molecule has 1 heterocycles. The molecular formula is C17H23ClFNO. The van der Waals surface area contributed by atoms with Gasteiger partial charge in [0.15, 0.2) is 0 Å². The largest absolute Gasteiger partial charge is 0.303 e. The highest BCUT2D eigenvalue weighted by atomic mass is 35.5. The fraction of sp³-hybridized carbons (Fsp3) is 0.588. The zero-order valence-electron chi connectivity index (χ0n) is 13.0. The van der Waals surface area contributed by atoms with Crippen LogP contribution in [0.2, 0.25) is 5.02 Å². The van der Waals surface area contributed by atoms with Crippen LogP contribution in [0.3, 0.4) is 0 Å². The lowest BCUT2D eigenvalue weighted by atomic mass is 9.70. The second kappa shape index (κ2) is 6.05. The van der Waals surface area contributed by atoms with Crippen LogP contribution in [0.1, 0.15) is 45.6 Å². The van der Waals surface area contributed by atoms with Crippen LogP contribution in [0.15, 0.2) is 18.2 Å². The topological polar surface area (TPSA) is 20.3 Å². The van der Waals surface area contributed by atoms with Crippen LogP contribution in [0, 0.1) is 5.82 Å². The molecule has 0 unspecified atom stereocenters. The molecule has 0 amide bonds. The number of halogens is 2. The van der Waals surface area contributed by atoms with Crippen molar-refractivity contribution in [2.45, 2.75) is 51.0 Å². The number of carbonyl (C=O) groups is 1. The van der Waals surface area contributed by atoms with Crippen molar-refractivity contribution >= 4 is 17.9 Å². The Labute approximate surface area is 131 Å². The zero-order valence-corrected chi connectivity index (χ0v) is 13.7. The van der Waals surface area contributed by atoms with Crippen LogP contribution in [-0.4, -0.2) is 29.8 Å². The Morgan fingerprint density at radius 3 is 2.43 bits per heavy atom. The number of carbonyl (C=O) groups excluding carboxylic acids is 1. The van der Waals surface area contributed by atoms with E-state index in [2.05, 4.69) is 25.7 Å². The fourth-order valence-electron chi connectivity index (χ4n) is 3.20. The quantitative estimate of drug-likeness (QED) is 0.780. The predicted molar refractivity (Wildman–Crippen MR) is 84.3 cm³/mol. The molecule has 2 rings (SSSR count). The molecule has 0 spiro atoms. The number of likely N-dealkylation sites (tertiary alicyclic amines) is 1. The van der Waals surface area contributed by atoms with Gasteiger partial charge in [0.05, 0.1) is 5.02 Å². The van der Waals surface area contributed by atoms with E-state index in [0.717, 1.165) is 37.8 Å². The van der Waals surface area contributed by atoms with Crippen LogP contribution in [0.5, 0.6) is 0 Å². The molecule has 1 fully saturated rings. The molecule has 1 aromatic rings. The standard InChI is InChI=1S/C17H23ClFNO/c1-16(2,3)20-9-6-17(7-10-20,8-11-21)13-4-5-14(18)15(19)12-13/h4-5,11-12H,6-10H2,1-3H3. The second-order valence-electron chi connectivity index (χ2n) is 6.94. The number of rotatable bonds is 3. The minimum Gasteiger partial charge on any atom is -0.303 e. The van der Waals surface area contributed by atoms with Crippen molar-refractivity contribution in [3.8, 4) is 0 Å². The highest BCUT2D eigenvalue weighted by Crippen LogP contribution is 2.40. The summed E-state index contributed by atoms with van der Waals surface area (Å²) in [7, 11) is 0. The van der Waals surface area contributed by atoms with Crippen LogP contribution >= 0.6 is 11.6 Å². The van der Waals surface area contributed by atoms with E-state index in [1.165, 1.54) is 6.07 Å². The molecule has 0 aromatic heterocycles. The first-order chi connectivity index (χ1) is 9.78. The van der Waals surface area contributed by atoms with Crippen molar-refractivity contribution in [1.29, 1.82) is 0 Å². The lowest BCUT2D eigenvalue weighted by Crippen LogP contribution is -2.50. The maximum Gasteiger partial charge on any atom is 0.142 e. The van der Waals surface area contributed by atoms with Gasteiger partial charge in [0.25, 0.3) is 0 Å². The van der Waals surface area contributed by atoms with Crippen molar-refractivity contribution in [3.05, 3.63) is 34.6 Å². The lowest BCUT2D eigenvalue weighted by molar-refractivity contribution is -0.109. The number of nitrogens with zero attached hydrogens (tertiary/aromatic N) is 1. The van der Waals surface area contributed by atoms with Gasteiger partial charge in [-0.2, -0.15) is 0 Å². The summed E-state index contributed by atoms with van der Waals surface area (Å²) >= 11 is 5.77. The average Bonchev–Trinajstić information content (AvgIpc) is 2.41. The van der Waals surface area contributed by atoms with E-state index in [1.54, 1.807) is 6.07 Å². The van der Waals surface area contributed by atoms with Gasteiger partial charge in [-0.25, -0.2) is 4.39 Å².